The van der Waals surface area contributed by atoms with E-state index in [1.54, 1.807) is 0 Å². The predicted octanol–water partition coefficient (Wildman–Crippen LogP) is 10.9. The molecule has 17 unspecified atom stereocenters. The zero-order valence-electron chi connectivity index (χ0n) is 57.7. The van der Waals surface area contributed by atoms with Gasteiger partial charge in [-0.3, -0.25) is 4.79 Å². The Morgan fingerprint density at radius 3 is 1.16 bits per heavy atom. The predicted molar refractivity (Wildman–Crippen MR) is 365 cm³/mol. The van der Waals surface area contributed by atoms with E-state index in [1.807, 2.05) is 0 Å². The highest BCUT2D eigenvalue weighted by atomic mass is 16.8. The number of nitrogens with one attached hydrogen (secondary N) is 1. The molecule has 0 bridgehead atoms. The lowest BCUT2D eigenvalue weighted by Crippen LogP contribution is -2.66. The third-order valence-electron chi connectivity index (χ3n) is 18.7. The van der Waals surface area contributed by atoms with Gasteiger partial charge in [0.25, 0.3) is 0 Å². The van der Waals surface area contributed by atoms with E-state index < -0.39 is 124 Å². The Morgan fingerprint density at radius 2 is 0.742 bits per heavy atom. The maximum atomic E-state index is 13.4. The molecule has 12 N–H and O–H groups in total. The Bertz CT molecular complexity index is 1870. The lowest BCUT2D eigenvalue weighted by Gasteiger charge is -2.48. The summed E-state index contributed by atoms with van der Waals surface area (Å²) in [6.45, 7) is 1.69. The molecule has 3 aliphatic heterocycles. The first kappa shape index (κ1) is 85.0. The number of rotatable bonds is 58. The van der Waals surface area contributed by atoms with Crippen LogP contribution in [0.2, 0.25) is 0 Å². The van der Waals surface area contributed by atoms with E-state index in [0.717, 1.165) is 77.0 Å². The molecule has 0 aliphatic carbocycles. The summed E-state index contributed by atoms with van der Waals surface area (Å²) >= 11 is 0. The fourth-order valence-electron chi connectivity index (χ4n) is 12.7. The maximum absolute atomic E-state index is 13.4. The summed E-state index contributed by atoms with van der Waals surface area (Å²) in [5.74, 6) is -0.264. The van der Waals surface area contributed by atoms with Crippen molar-refractivity contribution in [2.24, 2.45) is 0 Å². The van der Waals surface area contributed by atoms with Crippen LogP contribution in [0.4, 0.5) is 0 Å². The van der Waals surface area contributed by atoms with E-state index in [-0.39, 0.29) is 18.9 Å². The first-order valence-electron chi connectivity index (χ1n) is 37.4. The SMILES string of the molecule is CC/C=C\C/C=C\C/C=C\C/C=C\CCCCCCC(=O)NC(COC1OC(CO)C(OC2OC(CO)C(OC3OC(CO)C(O)C(O)C3O)C(O)C2O)C(O)C1O)C(O)CCCCCCCCCCCCCCCCCCCCCCCCCCCCCCCCC. The van der Waals surface area contributed by atoms with Crippen molar-refractivity contribution in [1.82, 2.24) is 5.32 Å². The number of hydrogen-bond donors (Lipinski definition) is 12. The van der Waals surface area contributed by atoms with Gasteiger partial charge >= 0.3 is 0 Å². The molecule has 0 aromatic rings. The molecule has 17 atom stereocenters. The lowest BCUT2D eigenvalue weighted by molar-refractivity contribution is -0.379. The van der Waals surface area contributed by atoms with Gasteiger partial charge in [0.05, 0.1) is 38.6 Å². The van der Waals surface area contributed by atoms with E-state index in [4.69, 9.17) is 28.4 Å². The third-order valence-corrected chi connectivity index (χ3v) is 18.7. The van der Waals surface area contributed by atoms with E-state index in [1.165, 1.54) is 173 Å². The highest BCUT2D eigenvalue weighted by Crippen LogP contribution is 2.33. The quantitative estimate of drug-likeness (QED) is 0.0199. The number of ether oxygens (including phenoxy) is 6. The van der Waals surface area contributed by atoms with Gasteiger partial charge in [0.2, 0.25) is 5.91 Å². The molecule has 1 amide bonds. The normalized spacial score (nSPS) is 27.8. The summed E-state index contributed by atoms with van der Waals surface area (Å²) < 4.78 is 34.4. The smallest absolute Gasteiger partial charge is 0.220 e. The van der Waals surface area contributed by atoms with Crippen molar-refractivity contribution < 1.29 is 89.4 Å². The molecule has 3 aliphatic rings. The minimum atomic E-state index is -1.98. The van der Waals surface area contributed by atoms with Gasteiger partial charge in [0.1, 0.15) is 73.2 Å². The minimum absolute atomic E-state index is 0.237. The largest absolute Gasteiger partial charge is 0.394 e. The molecule has 19 nitrogen and oxygen atoms in total. The summed E-state index contributed by atoms with van der Waals surface area (Å²) in [6, 6.07) is -0.903. The highest BCUT2D eigenvalue weighted by Gasteiger charge is 2.53. The van der Waals surface area contributed by atoms with E-state index in [0.29, 0.717) is 12.8 Å². The molecule has 19 heteroatoms. The first-order valence-corrected chi connectivity index (χ1v) is 37.4. The second-order valence-electron chi connectivity index (χ2n) is 26.7. The van der Waals surface area contributed by atoms with Crippen molar-refractivity contribution in [1.29, 1.82) is 0 Å². The van der Waals surface area contributed by atoms with Crippen LogP contribution in [0.15, 0.2) is 48.6 Å². The molecular formula is C74H135NO18. The second-order valence-corrected chi connectivity index (χ2v) is 26.7. The number of unbranched alkanes of at least 4 members (excludes halogenated alkanes) is 34. The Morgan fingerprint density at radius 1 is 0.398 bits per heavy atom. The van der Waals surface area contributed by atoms with Gasteiger partial charge in [-0.2, -0.15) is 0 Å². The molecule has 3 heterocycles. The van der Waals surface area contributed by atoms with Crippen molar-refractivity contribution in [3.8, 4) is 0 Å². The van der Waals surface area contributed by atoms with E-state index in [2.05, 4.69) is 67.8 Å². The number of aliphatic hydroxyl groups excluding tert-OH is 11. The van der Waals surface area contributed by atoms with Gasteiger partial charge in [-0.1, -0.05) is 274 Å². The van der Waals surface area contributed by atoms with Gasteiger partial charge in [0, 0.05) is 6.42 Å². The van der Waals surface area contributed by atoms with Crippen molar-refractivity contribution in [2.75, 3.05) is 26.4 Å². The van der Waals surface area contributed by atoms with Crippen LogP contribution in [-0.4, -0.2) is 193 Å². The van der Waals surface area contributed by atoms with Crippen LogP contribution < -0.4 is 5.32 Å². The van der Waals surface area contributed by atoms with Crippen LogP contribution in [0, 0.1) is 0 Å². The Hall–Kier alpha value is -2.25. The molecule has 3 rings (SSSR count). The summed E-state index contributed by atoms with van der Waals surface area (Å²) in [5.41, 5.74) is 0. The summed E-state index contributed by atoms with van der Waals surface area (Å²) in [4.78, 5) is 13.4. The van der Waals surface area contributed by atoms with Crippen molar-refractivity contribution >= 4 is 5.91 Å². The van der Waals surface area contributed by atoms with Crippen LogP contribution in [0.25, 0.3) is 0 Å². The molecule has 0 saturated carbocycles. The molecule has 0 aromatic heterocycles. The number of carbonyl (C=O) groups is 1. The zero-order chi connectivity index (χ0) is 67.5. The number of carbonyl (C=O) groups excluding carboxylic acids is 1. The van der Waals surface area contributed by atoms with Crippen LogP contribution in [0.5, 0.6) is 0 Å². The molecule has 3 saturated heterocycles. The standard InChI is InChI=1S/C74H135NO18/c1-3-5-7-9-11-13-15-17-19-21-22-23-24-25-26-27-28-29-30-31-32-33-34-36-37-39-41-43-45-47-49-51-58(79)57(75-62(80)52-50-48-46-44-42-40-38-35-20-18-16-14-12-10-8-6-4-2)56-88-72-68(86)65(83)70(60(54-77)90-72)93-74-69(87)66(84)71(61(55-78)91-74)92-73-67(85)64(82)63(81)59(53-76)89-73/h6,8,12,14,18,20,38,40,57-61,63-74,76-79,81-87H,3-5,7,9-11,13,15-17,19,21-37,39,41-56H2,1-2H3,(H,75,80)/b8-6-,14-12-,20-18-,40-38-. The molecule has 0 radical (unpaired) electrons. The molecule has 3 fully saturated rings. The molecule has 93 heavy (non-hydrogen) atoms. The highest BCUT2D eigenvalue weighted by molar-refractivity contribution is 5.76. The van der Waals surface area contributed by atoms with Gasteiger partial charge in [-0.05, 0) is 51.4 Å². The molecule has 0 aromatic carbocycles. The van der Waals surface area contributed by atoms with Crippen molar-refractivity contribution in [2.45, 2.75) is 388 Å². The van der Waals surface area contributed by atoms with Crippen LogP contribution in [0.1, 0.15) is 284 Å². The minimum Gasteiger partial charge on any atom is -0.394 e. The van der Waals surface area contributed by atoms with E-state index in [9.17, 15) is 61.0 Å². The summed E-state index contributed by atoms with van der Waals surface area (Å²) in [7, 11) is 0. The van der Waals surface area contributed by atoms with Gasteiger partial charge < -0.3 is 89.9 Å². The molecule has 0 spiro atoms. The van der Waals surface area contributed by atoms with Gasteiger partial charge in [0.15, 0.2) is 18.9 Å². The van der Waals surface area contributed by atoms with Crippen LogP contribution in [-0.2, 0) is 33.2 Å². The van der Waals surface area contributed by atoms with Crippen LogP contribution >= 0.6 is 0 Å². The maximum Gasteiger partial charge on any atom is 0.220 e. The number of aliphatic hydroxyl groups is 11. The summed E-state index contributed by atoms with van der Waals surface area (Å²) in [6.07, 6.45) is 40.7. The Labute approximate surface area is 561 Å². The Balaban J connectivity index is 1.38. The van der Waals surface area contributed by atoms with Crippen molar-refractivity contribution in [3.05, 3.63) is 48.6 Å². The van der Waals surface area contributed by atoms with Crippen molar-refractivity contribution in [3.63, 3.8) is 0 Å². The van der Waals surface area contributed by atoms with Gasteiger partial charge in [-0.15, -0.1) is 0 Å². The topological polar surface area (TPSA) is 307 Å². The number of allylic oxidation sites excluding steroid dienone is 8. The lowest BCUT2D eigenvalue weighted by atomic mass is 9.96. The van der Waals surface area contributed by atoms with Gasteiger partial charge in [-0.25, -0.2) is 0 Å². The monoisotopic (exact) mass is 1330 g/mol. The zero-order valence-corrected chi connectivity index (χ0v) is 57.7. The number of hydrogen-bond acceptors (Lipinski definition) is 18. The second kappa shape index (κ2) is 55.6. The first-order chi connectivity index (χ1) is 45.3. The molecule has 544 valence electrons. The van der Waals surface area contributed by atoms with Crippen LogP contribution in [0.3, 0.4) is 0 Å². The third kappa shape index (κ3) is 37.0. The average Bonchev–Trinajstić information content (AvgIpc) is 0.815. The summed E-state index contributed by atoms with van der Waals surface area (Å²) in [5, 5.41) is 121. The average molecular weight is 1330 g/mol. The fraction of sp³-hybridized carbons (Fsp3) is 0.878. The Kier molecular flexibility index (Phi) is 50.8. The number of amides is 1. The van der Waals surface area contributed by atoms with E-state index >= 15 is 0 Å². The molecular weight excluding hydrogens is 1190 g/mol. The fourth-order valence-corrected chi connectivity index (χ4v) is 12.7.